The Kier molecular flexibility index (Phi) is 3.96. The van der Waals surface area contributed by atoms with Gasteiger partial charge in [0.1, 0.15) is 0 Å². The summed E-state index contributed by atoms with van der Waals surface area (Å²) < 4.78 is 25.1. The van der Waals surface area contributed by atoms with Crippen LogP contribution >= 0.6 is 28.1 Å². The first kappa shape index (κ1) is 16.1. The van der Waals surface area contributed by atoms with E-state index in [0.29, 0.717) is 21.1 Å². The van der Waals surface area contributed by atoms with Crippen molar-refractivity contribution < 1.29 is 8.42 Å². The number of nitrogens with two attached hydrogens (primary N) is 1. The average Bonchev–Trinajstić information content (AvgIpc) is 2.48. The molecule has 1 aromatic heterocycles. The lowest BCUT2D eigenvalue weighted by atomic mass is 10.2. The van der Waals surface area contributed by atoms with Gasteiger partial charge in [0.2, 0.25) is 10.0 Å². The molecule has 0 radical (unpaired) electrons. The van der Waals surface area contributed by atoms with E-state index < -0.39 is 10.0 Å². The number of para-hydroxylation sites is 1. The summed E-state index contributed by atoms with van der Waals surface area (Å²) in [7, 11) is -3.88. The predicted octanol–water partition coefficient (Wildman–Crippen LogP) is 2.46. The van der Waals surface area contributed by atoms with E-state index in [9.17, 15) is 13.2 Å². The molecule has 0 bridgehead atoms. The van der Waals surface area contributed by atoms with Gasteiger partial charge in [-0.05, 0) is 58.5 Å². The molecule has 0 fully saturated rings. The normalized spacial score (nSPS) is 11.7. The molecule has 0 saturated heterocycles. The minimum atomic E-state index is -3.88. The fraction of sp³-hybridized carbons (Fsp3) is 0. The van der Waals surface area contributed by atoms with Crippen molar-refractivity contribution in [3.8, 4) is 5.69 Å². The zero-order valence-electron chi connectivity index (χ0n) is 11.5. The maximum absolute atomic E-state index is 12.7. The molecule has 3 aromatic rings. The monoisotopic (exact) mass is 411 g/mol. The van der Waals surface area contributed by atoms with Gasteiger partial charge in [-0.2, -0.15) is 0 Å². The molecule has 0 amide bonds. The van der Waals surface area contributed by atoms with E-state index in [4.69, 9.17) is 17.4 Å². The Morgan fingerprint density at radius 2 is 1.87 bits per heavy atom. The maximum atomic E-state index is 12.7. The summed E-state index contributed by atoms with van der Waals surface area (Å²) in [5.41, 5.74) is 0.558. The van der Waals surface area contributed by atoms with Crippen LogP contribution < -0.4 is 10.7 Å². The highest BCUT2D eigenvalue weighted by Crippen LogP contribution is 2.20. The van der Waals surface area contributed by atoms with Crippen molar-refractivity contribution in [2.75, 3.05) is 0 Å². The number of aromatic nitrogens is 2. The molecule has 2 aromatic carbocycles. The molecule has 9 heteroatoms. The smallest absolute Gasteiger partial charge is 0.266 e. The summed E-state index contributed by atoms with van der Waals surface area (Å²) in [6, 6.07) is 10.9. The maximum Gasteiger partial charge on any atom is 0.266 e. The van der Waals surface area contributed by atoms with Crippen LogP contribution in [-0.2, 0) is 10.0 Å². The lowest BCUT2D eigenvalue weighted by Crippen LogP contribution is -2.21. The van der Waals surface area contributed by atoms with Crippen LogP contribution in [0.25, 0.3) is 16.6 Å². The molecule has 3 N–H and O–H groups in total. The summed E-state index contributed by atoms with van der Waals surface area (Å²) in [6.45, 7) is 0. The van der Waals surface area contributed by atoms with Gasteiger partial charge in [-0.15, -0.1) is 0 Å². The van der Waals surface area contributed by atoms with Crippen LogP contribution in [0.3, 0.4) is 0 Å². The quantitative estimate of drug-likeness (QED) is 0.632. The van der Waals surface area contributed by atoms with Crippen molar-refractivity contribution in [1.82, 2.24) is 9.55 Å². The fourth-order valence-electron chi connectivity index (χ4n) is 2.24. The number of primary sulfonamides is 1. The number of halogens is 1. The minimum absolute atomic E-state index is 0.0920. The first-order chi connectivity index (χ1) is 10.8. The van der Waals surface area contributed by atoms with E-state index in [1.54, 1.807) is 24.3 Å². The number of H-pyrrole nitrogens is 1. The Balaban J connectivity index is 2.39. The molecular weight excluding hydrogens is 402 g/mol. The lowest BCUT2D eigenvalue weighted by molar-refractivity contribution is 0.597. The Morgan fingerprint density at radius 3 is 2.57 bits per heavy atom. The SMILES string of the molecule is NS(=O)(=O)c1cccc(-n2c(=S)[nH]c3c(Br)cccc3c2=O)c1. The Morgan fingerprint density at radius 1 is 1.17 bits per heavy atom. The third kappa shape index (κ3) is 2.88. The van der Waals surface area contributed by atoms with Crippen molar-refractivity contribution in [2.45, 2.75) is 4.90 Å². The Hall–Kier alpha value is -1.81. The highest BCUT2D eigenvalue weighted by molar-refractivity contribution is 9.10. The van der Waals surface area contributed by atoms with E-state index in [2.05, 4.69) is 20.9 Å². The summed E-state index contributed by atoms with van der Waals surface area (Å²) in [5.74, 6) is 0. The third-order valence-electron chi connectivity index (χ3n) is 3.29. The Labute approximate surface area is 144 Å². The molecule has 0 saturated carbocycles. The van der Waals surface area contributed by atoms with Gasteiger partial charge in [-0.1, -0.05) is 12.1 Å². The molecule has 0 atom stereocenters. The third-order valence-corrected chi connectivity index (χ3v) is 5.14. The summed E-state index contributed by atoms with van der Waals surface area (Å²) in [6.07, 6.45) is 0. The van der Waals surface area contributed by atoms with Crippen molar-refractivity contribution in [2.24, 2.45) is 5.14 Å². The van der Waals surface area contributed by atoms with Gasteiger partial charge in [-0.25, -0.2) is 13.6 Å². The van der Waals surface area contributed by atoms with E-state index in [0.717, 1.165) is 0 Å². The van der Waals surface area contributed by atoms with Crippen LogP contribution in [0.5, 0.6) is 0 Å². The standard InChI is InChI=1S/C14H10BrN3O3S2/c15-11-6-2-5-10-12(11)17-14(22)18(13(10)19)8-3-1-4-9(7-8)23(16,20)21/h1-7H,(H,17,22)(H2,16,20,21). The molecule has 0 aliphatic carbocycles. The molecule has 23 heavy (non-hydrogen) atoms. The van der Waals surface area contributed by atoms with Gasteiger partial charge in [0.05, 0.1) is 21.5 Å². The van der Waals surface area contributed by atoms with E-state index >= 15 is 0 Å². The van der Waals surface area contributed by atoms with Crippen LogP contribution in [-0.4, -0.2) is 18.0 Å². The van der Waals surface area contributed by atoms with Crippen LogP contribution in [0.1, 0.15) is 0 Å². The second-order valence-corrected chi connectivity index (χ2v) is 7.58. The molecule has 3 rings (SSSR count). The van der Waals surface area contributed by atoms with Gasteiger partial charge in [0.25, 0.3) is 5.56 Å². The van der Waals surface area contributed by atoms with Gasteiger partial charge in [0, 0.05) is 4.47 Å². The van der Waals surface area contributed by atoms with Crippen LogP contribution in [0.2, 0.25) is 0 Å². The predicted molar refractivity (Wildman–Crippen MR) is 93.8 cm³/mol. The number of hydrogen-bond acceptors (Lipinski definition) is 4. The molecular formula is C14H10BrN3O3S2. The molecule has 6 nitrogen and oxygen atoms in total. The first-order valence-electron chi connectivity index (χ1n) is 6.36. The Bertz CT molecular complexity index is 1150. The number of nitrogens with zero attached hydrogens (tertiary/aromatic N) is 1. The number of aromatic amines is 1. The van der Waals surface area contributed by atoms with Gasteiger partial charge >= 0.3 is 0 Å². The second-order valence-electron chi connectivity index (χ2n) is 4.78. The van der Waals surface area contributed by atoms with Crippen molar-refractivity contribution in [3.05, 3.63) is 62.1 Å². The van der Waals surface area contributed by atoms with Crippen molar-refractivity contribution >= 4 is 49.1 Å². The molecule has 118 valence electrons. The molecule has 0 aliphatic heterocycles. The topological polar surface area (TPSA) is 97.9 Å². The van der Waals surface area contributed by atoms with Gasteiger partial charge in [0.15, 0.2) is 4.77 Å². The van der Waals surface area contributed by atoms with Crippen LogP contribution in [0.15, 0.2) is 56.6 Å². The van der Waals surface area contributed by atoms with Crippen molar-refractivity contribution in [3.63, 3.8) is 0 Å². The number of sulfonamides is 1. The molecule has 1 heterocycles. The molecule has 0 spiro atoms. The molecule has 0 unspecified atom stereocenters. The number of nitrogens with one attached hydrogen (secondary N) is 1. The number of fused-ring (bicyclic) bond motifs is 1. The summed E-state index contributed by atoms with van der Waals surface area (Å²) in [4.78, 5) is 15.6. The van der Waals surface area contributed by atoms with Crippen molar-refractivity contribution in [1.29, 1.82) is 0 Å². The highest BCUT2D eigenvalue weighted by Gasteiger charge is 2.12. The van der Waals surface area contributed by atoms with E-state index in [-0.39, 0.29) is 15.2 Å². The zero-order valence-corrected chi connectivity index (χ0v) is 14.7. The average molecular weight is 412 g/mol. The van der Waals surface area contributed by atoms with E-state index in [1.807, 2.05) is 0 Å². The minimum Gasteiger partial charge on any atom is -0.330 e. The largest absolute Gasteiger partial charge is 0.330 e. The lowest BCUT2D eigenvalue weighted by Gasteiger charge is -2.10. The van der Waals surface area contributed by atoms with Gasteiger partial charge < -0.3 is 4.98 Å². The number of hydrogen-bond donors (Lipinski definition) is 2. The molecule has 0 aliphatic rings. The zero-order chi connectivity index (χ0) is 16.8. The number of benzene rings is 2. The van der Waals surface area contributed by atoms with Gasteiger partial charge in [-0.3, -0.25) is 9.36 Å². The number of rotatable bonds is 2. The fourth-order valence-corrected chi connectivity index (χ4v) is 3.55. The summed E-state index contributed by atoms with van der Waals surface area (Å²) in [5, 5.41) is 5.56. The van der Waals surface area contributed by atoms with Crippen LogP contribution in [0, 0.1) is 4.77 Å². The first-order valence-corrected chi connectivity index (χ1v) is 9.10. The summed E-state index contributed by atoms with van der Waals surface area (Å²) >= 11 is 8.61. The van der Waals surface area contributed by atoms with Crippen LogP contribution in [0.4, 0.5) is 0 Å². The highest BCUT2D eigenvalue weighted by atomic mass is 79.9. The van der Waals surface area contributed by atoms with E-state index in [1.165, 1.54) is 22.8 Å². The second kappa shape index (κ2) is 5.68.